The molecule has 1 aliphatic heterocycles. The van der Waals surface area contributed by atoms with Gasteiger partial charge in [-0.15, -0.1) is 0 Å². The molecule has 18 heavy (non-hydrogen) atoms. The molecule has 2 atom stereocenters. The molecule has 0 amide bonds. The van der Waals surface area contributed by atoms with Crippen LogP contribution in [0.5, 0.6) is 0 Å². The molecule has 0 saturated carbocycles. The molecule has 1 fully saturated rings. The zero-order valence-corrected chi connectivity index (χ0v) is 12.4. The predicted molar refractivity (Wildman–Crippen MR) is 78.2 cm³/mol. The van der Waals surface area contributed by atoms with Crippen molar-refractivity contribution in [1.82, 2.24) is 4.90 Å². The van der Waals surface area contributed by atoms with E-state index < -0.39 is 0 Å². The first-order chi connectivity index (χ1) is 8.50. The number of hydrogen-bond acceptors (Lipinski definition) is 2. The van der Waals surface area contributed by atoms with E-state index in [4.69, 9.17) is 28.9 Å². The molecule has 2 rings (SSSR count). The van der Waals surface area contributed by atoms with E-state index in [-0.39, 0.29) is 12.1 Å². The van der Waals surface area contributed by atoms with Crippen molar-refractivity contribution < 1.29 is 0 Å². The maximum atomic E-state index is 6.31. The van der Waals surface area contributed by atoms with Crippen molar-refractivity contribution in [2.45, 2.75) is 32.4 Å². The van der Waals surface area contributed by atoms with Gasteiger partial charge in [-0.05, 0) is 24.5 Å². The van der Waals surface area contributed by atoms with Gasteiger partial charge in [0.25, 0.3) is 0 Å². The largest absolute Gasteiger partial charge is 0.326 e. The van der Waals surface area contributed by atoms with Gasteiger partial charge in [-0.1, -0.05) is 43.1 Å². The maximum absolute atomic E-state index is 6.31. The Kier molecular flexibility index (Phi) is 4.54. The average Bonchev–Trinajstić information content (AvgIpc) is 2.60. The molecule has 2 N–H and O–H groups in total. The van der Waals surface area contributed by atoms with Gasteiger partial charge < -0.3 is 5.73 Å². The van der Waals surface area contributed by atoms with E-state index in [1.807, 2.05) is 18.2 Å². The van der Waals surface area contributed by atoms with Crippen LogP contribution in [0.4, 0.5) is 0 Å². The van der Waals surface area contributed by atoms with Gasteiger partial charge in [0.05, 0.1) is 6.04 Å². The van der Waals surface area contributed by atoms with Crippen LogP contribution in [0.1, 0.15) is 31.9 Å². The predicted octanol–water partition coefficient (Wildman–Crippen LogP) is 3.72. The lowest BCUT2D eigenvalue weighted by molar-refractivity contribution is 0.221. The second-order valence-corrected chi connectivity index (χ2v) is 6.24. The lowest BCUT2D eigenvalue weighted by Gasteiger charge is -2.29. The molecule has 1 aromatic rings. The summed E-state index contributed by atoms with van der Waals surface area (Å²) in [6.07, 6.45) is 0.999. The van der Waals surface area contributed by atoms with Gasteiger partial charge in [0.15, 0.2) is 0 Å². The highest BCUT2D eigenvalue weighted by Crippen LogP contribution is 2.39. The van der Waals surface area contributed by atoms with E-state index in [0.29, 0.717) is 5.92 Å². The average molecular weight is 287 g/mol. The third-order valence-electron chi connectivity index (χ3n) is 3.44. The summed E-state index contributed by atoms with van der Waals surface area (Å²) < 4.78 is 0. The van der Waals surface area contributed by atoms with Gasteiger partial charge in [0.2, 0.25) is 0 Å². The SMILES string of the molecule is CC(C)CN1CCC(N)C1c1c(Cl)cccc1Cl. The van der Waals surface area contributed by atoms with Gasteiger partial charge in [-0.25, -0.2) is 0 Å². The van der Waals surface area contributed by atoms with Gasteiger partial charge in [-0.3, -0.25) is 4.90 Å². The lowest BCUT2D eigenvalue weighted by Crippen LogP contribution is -2.34. The van der Waals surface area contributed by atoms with E-state index in [1.54, 1.807) is 0 Å². The molecule has 2 unspecified atom stereocenters. The molecule has 1 saturated heterocycles. The highest BCUT2D eigenvalue weighted by atomic mass is 35.5. The first-order valence-electron chi connectivity index (χ1n) is 6.44. The minimum atomic E-state index is 0.112. The molecule has 0 radical (unpaired) electrons. The third-order valence-corrected chi connectivity index (χ3v) is 4.10. The van der Waals surface area contributed by atoms with Crippen molar-refractivity contribution in [3.05, 3.63) is 33.8 Å². The van der Waals surface area contributed by atoms with E-state index in [1.165, 1.54) is 0 Å². The number of rotatable bonds is 3. The Balaban J connectivity index is 2.34. The summed E-state index contributed by atoms with van der Waals surface area (Å²) in [7, 11) is 0. The second-order valence-electron chi connectivity index (χ2n) is 5.42. The summed E-state index contributed by atoms with van der Waals surface area (Å²) in [4.78, 5) is 2.41. The molecule has 1 heterocycles. The fourth-order valence-corrected chi connectivity index (χ4v) is 3.37. The first-order valence-corrected chi connectivity index (χ1v) is 7.20. The zero-order chi connectivity index (χ0) is 13.3. The van der Waals surface area contributed by atoms with Crippen LogP contribution in [-0.2, 0) is 0 Å². The Morgan fingerprint density at radius 2 is 1.94 bits per heavy atom. The molecule has 0 spiro atoms. The number of nitrogens with two attached hydrogens (primary N) is 1. The molecule has 0 bridgehead atoms. The molecule has 0 aliphatic carbocycles. The Bertz CT molecular complexity index is 400. The summed E-state index contributed by atoms with van der Waals surface area (Å²) in [5.74, 6) is 0.610. The van der Waals surface area contributed by atoms with Gasteiger partial charge >= 0.3 is 0 Å². The minimum Gasteiger partial charge on any atom is -0.326 e. The molecular formula is C14H20Cl2N2. The molecule has 2 nitrogen and oxygen atoms in total. The summed E-state index contributed by atoms with van der Waals surface area (Å²) in [6, 6.07) is 5.92. The third kappa shape index (κ3) is 2.83. The van der Waals surface area contributed by atoms with Crippen molar-refractivity contribution in [2.75, 3.05) is 13.1 Å². The Morgan fingerprint density at radius 3 is 2.50 bits per heavy atom. The van der Waals surface area contributed by atoms with Crippen molar-refractivity contribution >= 4 is 23.2 Å². The molecule has 1 aliphatic rings. The van der Waals surface area contributed by atoms with Gasteiger partial charge in [0, 0.05) is 34.7 Å². The van der Waals surface area contributed by atoms with Crippen LogP contribution in [0.3, 0.4) is 0 Å². The van der Waals surface area contributed by atoms with Crippen LogP contribution in [-0.4, -0.2) is 24.0 Å². The molecular weight excluding hydrogens is 267 g/mol. The standard InChI is InChI=1S/C14H20Cl2N2/c1-9(2)8-18-7-6-12(17)14(18)13-10(15)4-3-5-11(13)16/h3-5,9,12,14H,6-8,17H2,1-2H3. The smallest absolute Gasteiger partial charge is 0.0529 e. The van der Waals surface area contributed by atoms with Crippen molar-refractivity contribution in [3.63, 3.8) is 0 Å². The topological polar surface area (TPSA) is 29.3 Å². The monoisotopic (exact) mass is 286 g/mol. The number of halogens is 2. The fraction of sp³-hybridized carbons (Fsp3) is 0.571. The summed E-state index contributed by atoms with van der Waals surface area (Å²) in [5.41, 5.74) is 7.25. The Morgan fingerprint density at radius 1 is 1.33 bits per heavy atom. The van der Waals surface area contributed by atoms with Crippen LogP contribution in [0, 0.1) is 5.92 Å². The molecule has 4 heteroatoms. The number of nitrogens with zero attached hydrogens (tertiary/aromatic N) is 1. The van der Waals surface area contributed by atoms with Crippen LogP contribution < -0.4 is 5.73 Å². The van der Waals surface area contributed by atoms with Crippen LogP contribution in [0.2, 0.25) is 10.0 Å². The van der Waals surface area contributed by atoms with Gasteiger partial charge in [0.1, 0.15) is 0 Å². The number of benzene rings is 1. The Labute approximate surface area is 119 Å². The summed E-state index contributed by atoms with van der Waals surface area (Å²) in [6.45, 7) is 6.48. The number of likely N-dealkylation sites (tertiary alicyclic amines) is 1. The lowest BCUT2D eigenvalue weighted by atomic mass is 10.00. The van der Waals surface area contributed by atoms with E-state index >= 15 is 0 Å². The number of hydrogen-bond donors (Lipinski definition) is 1. The quantitative estimate of drug-likeness (QED) is 0.918. The maximum Gasteiger partial charge on any atom is 0.0529 e. The van der Waals surface area contributed by atoms with Crippen LogP contribution in [0.25, 0.3) is 0 Å². The molecule has 100 valence electrons. The Hall–Kier alpha value is -0.280. The zero-order valence-electron chi connectivity index (χ0n) is 10.9. The first kappa shape index (κ1) is 14.1. The van der Waals surface area contributed by atoms with Crippen molar-refractivity contribution in [2.24, 2.45) is 11.7 Å². The van der Waals surface area contributed by atoms with Crippen molar-refractivity contribution in [3.8, 4) is 0 Å². The molecule has 0 aromatic heterocycles. The second kappa shape index (κ2) is 5.79. The van der Waals surface area contributed by atoms with Gasteiger partial charge in [-0.2, -0.15) is 0 Å². The van der Waals surface area contributed by atoms with Crippen LogP contribution in [0.15, 0.2) is 18.2 Å². The van der Waals surface area contributed by atoms with Crippen molar-refractivity contribution in [1.29, 1.82) is 0 Å². The van der Waals surface area contributed by atoms with Crippen LogP contribution >= 0.6 is 23.2 Å². The van der Waals surface area contributed by atoms with E-state index in [0.717, 1.165) is 35.1 Å². The fourth-order valence-electron chi connectivity index (χ4n) is 2.75. The highest BCUT2D eigenvalue weighted by Gasteiger charge is 2.35. The highest BCUT2D eigenvalue weighted by molar-refractivity contribution is 6.36. The van der Waals surface area contributed by atoms with E-state index in [2.05, 4.69) is 18.7 Å². The van der Waals surface area contributed by atoms with E-state index in [9.17, 15) is 0 Å². The summed E-state index contributed by atoms with van der Waals surface area (Å²) in [5, 5.41) is 1.44. The minimum absolute atomic E-state index is 0.112. The normalized spacial score (nSPS) is 25.0. The molecule has 1 aromatic carbocycles. The summed E-state index contributed by atoms with van der Waals surface area (Å²) >= 11 is 12.6.